The molecule has 0 unspecified atom stereocenters. The summed E-state index contributed by atoms with van der Waals surface area (Å²) in [5.41, 5.74) is 0. The van der Waals surface area contributed by atoms with Gasteiger partial charge in [0.25, 0.3) is 0 Å². The van der Waals surface area contributed by atoms with E-state index in [1.54, 1.807) is 7.11 Å². The van der Waals surface area contributed by atoms with E-state index in [0.29, 0.717) is 6.42 Å². The van der Waals surface area contributed by atoms with Crippen LogP contribution in [0.25, 0.3) is 0 Å². The zero-order chi connectivity index (χ0) is 7.56. The summed E-state index contributed by atoms with van der Waals surface area (Å²) in [5, 5.41) is 2.84. The average Bonchev–Trinajstić information content (AvgIpc) is 2.67. The monoisotopic (exact) mass is 143 g/mol. The minimum absolute atomic E-state index is 0.115. The van der Waals surface area contributed by atoms with Gasteiger partial charge >= 0.3 is 0 Å². The van der Waals surface area contributed by atoms with E-state index in [4.69, 9.17) is 4.74 Å². The van der Waals surface area contributed by atoms with Crippen LogP contribution in [0.3, 0.4) is 0 Å². The van der Waals surface area contributed by atoms with Gasteiger partial charge in [-0.15, -0.1) is 0 Å². The molecule has 3 nitrogen and oxygen atoms in total. The van der Waals surface area contributed by atoms with Gasteiger partial charge in [-0.05, 0) is 6.42 Å². The molecule has 1 aliphatic rings. The molecule has 0 aliphatic heterocycles. The van der Waals surface area contributed by atoms with E-state index < -0.39 is 0 Å². The minimum Gasteiger partial charge on any atom is -0.379 e. The number of amides is 1. The molecule has 0 aromatic rings. The van der Waals surface area contributed by atoms with Crippen LogP contribution in [0.15, 0.2) is 0 Å². The number of carbonyl (C=O) groups excluding carboxylic acids is 1. The molecular weight excluding hydrogens is 130 g/mol. The summed E-state index contributed by atoms with van der Waals surface area (Å²) in [7, 11) is 1.67. The van der Waals surface area contributed by atoms with Crippen molar-refractivity contribution in [3.8, 4) is 0 Å². The highest BCUT2D eigenvalue weighted by molar-refractivity contribution is 5.76. The van der Waals surface area contributed by atoms with Crippen LogP contribution in [0.5, 0.6) is 0 Å². The Morgan fingerprint density at radius 3 is 2.90 bits per heavy atom. The lowest BCUT2D eigenvalue weighted by atomic mass is 10.4. The molecule has 2 atom stereocenters. The quantitative estimate of drug-likeness (QED) is 0.617. The predicted molar refractivity (Wildman–Crippen MR) is 37.6 cm³/mol. The Labute approximate surface area is 60.7 Å². The third-order valence-electron chi connectivity index (χ3n) is 1.70. The first-order chi connectivity index (χ1) is 4.77. The predicted octanol–water partition coefficient (Wildman–Crippen LogP) is 0.300. The molecule has 0 aromatic heterocycles. The van der Waals surface area contributed by atoms with Gasteiger partial charge < -0.3 is 10.1 Å². The maximum Gasteiger partial charge on any atom is 0.220 e. The van der Waals surface area contributed by atoms with Crippen molar-refractivity contribution in [2.24, 2.45) is 0 Å². The second-order valence-electron chi connectivity index (χ2n) is 2.54. The highest BCUT2D eigenvalue weighted by atomic mass is 16.5. The highest BCUT2D eigenvalue weighted by Gasteiger charge is 2.38. The number of hydrogen-bond donors (Lipinski definition) is 1. The van der Waals surface area contributed by atoms with E-state index in [9.17, 15) is 4.79 Å². The fourth-order valence-corrected chi connectivity index (χ4v) is 0.893. The molecule has 0 saturated heterocycles. The lowest BCUT2D eigenvalue weighted by Crippen LogP contribution is -2.26. The van der Waals surface area contributed by atoms with Crippen LogP contribution in [-0.4, -0.2) is 25.2 Å². The van der Waals surface area contributed by atoms with Crippen LogP contribution >= 0.6 is 0 Å². The minimum atomic E-state index is 0.115. The lowest BCUT2D eigenvalue weighted by molar-refractivity contribution is -0.121. The first kappa shape index (κ1) is 7.54. The molecular formula is C7H13NO2. The van der Waals surface area contributed by atoms with Gasteiger partial charge in [-0.1, -0.05) is 6.92 Å². The second kappa shape index (κ2) is 3.01. The molecule has 58 valence electrons. The van der Waals surface area contributed by atoms with E-state index in [2.05, 4.69) is 5.32 Å². The summed E-state index contributed by atoms with van der Waals surface area (Å²) in [6, 6.07) is 0.289. The molecule has 3 heteroatoms. The molecule has 1 rings (SSSR count). The van der Waals surface area contributed by atoms with Crippen LogP contribution in [0, 0.1) is 0 Å². The van der Waals surface area contributed by atoms with E-state index in [-0.39, 0.29) is 18.1 Å². The molecule has 0 aromatic carbocycles. The Hall–Kier alpha value is -0.570. The van der Waals surface area contributed by atoms with Gasteiger partial charge in [0.2, 0.25) is 5.91 Å². The fourth-order valence-electron chi connectivity index (χ4n) is 0.893. The molecule has 1 amide bonds. The van der Waals surface area contributed by atoms with Gasteiger partial charge in [-0.25, -0.2) is 0 Å². The highest BCUT2D eigenvalue weighted by Crippen LogP contribution is 2.23. The second-order valence-corrected chi connectivity index (χ2v) is 2.54. The summed E-state index contributed by atoms with van der Waals surface area (Å²) in [4.78, 5) is 10.8. The largest absolute Gasteiger partial charge is 0.379 e. The summed E-state index contributed by atoms with van der Waals surface area (Å²) in [6.45, 7) is 1.85. The lowest BCUT2D eigenvalue weighted by Gasteiger charge is -1.99. The molecule has 0 heterocycles. The van der Waals surface area contributed by atoms with Crippen molar-refractivity contribution in [3.05, 3.63) is 0 Å². The van der Waals surface area contributed by atoms with Crippen LogP contribution in [0.4, 0.5) is 0 Å². The third-order valence-corrected chi connectivity index (χ3v) is 1.70. The van der Waals surface area contributed by atoms with Crippen molar-refractivity contribution >= 4 is 5.91 Å². The summed E-state index contributed by atoms with van der Waals surface area (Å²) in [6.07, 6.45) is 1.81. The first-order valence-electron chi connectivity index (χ1n) is 3.60. The van der Waals surface area contributed by atoms with Crippen molar-refractivity contribution in [1.82, 2.24) is 5.32 Å². The smallest absolute Gasteiger partial charge is 0.220 e. The fraction of sp³-hybridized carbons (Fsp3) is 0.857. The Morgan fingerprint density at radius 2 is 2.50 bits per heavy atom. The summed E-state index contributed by atoms with van der Waals surface area (Å²) in [5.74, 6) is 0.115. The van der Waals surface area contributed by atoms with Gasteiger partial charge in [0.1, 0.15) is 0 Å². The van der Waals surface area contributed by atoms with Crippen LogP contribution in [0.1, 0.15) is 19.8 Å². The zero-order valence-corrected chi connectivity index (χ0v) is 6.39. The number of nitrogens with one attached hydrogen (secondary N) is 1. The van der Waals surface area contributed by atoms with E-state index in [1.807, 2.05) is 6.92 Å². The van der Waals surface area contributed by atoms with Crippen molar-refractivity contribution < 1.29 is 9.53 Å². The van der Waals surface area contributed by atoms with Gasteiger partial charge in [0.15, 0.2) is 0 Å². The Bertz CT molecular complexity index is 136. The Balaban J connectivity index is 2.11. The third kappa shape index (κ3) is 1.70. The van der Waals surface area contributed by atoms with E-state index >= 15 is 0 Å². The molecule has 0 spiro atoms. The first-order valence-corrected chi connectivity index (χ1v) is 3.60. The average molecular weight is 143 g/mol. The number of methoxy groups -OCH3 is 1. The standard InChI is InChI=1S/C7H13NO2/c1-3-7(9)8-5-4-6(5)10-2/h5-6H,3-4H2,1-2H3,(H,8,9)/t5-,6-/m0/s1. The van der Waals surface area contributed by atoms with Crippen LogP contribution < -0.4 is 5.32 Å². The topological polar surface area (TPSA) is 38.3 Å². The van der Waals surface area contributed by atoms with Gasteiger partial charge in [-0.2, -0.15) is 0 Å². The normalized spacial score (nSPS) is 29.8. The molecule has 1 aliphatic carbocycles. The van der Waals surface area contributed by atoms with Crippen molar-refractivity contribution in [3.63, 3.8) is 0 Å². The van der Waals surface area contributed by atoms with Crippen LogP contribution in [-0.2, 0) is 9.53 Å². The summed E-state index contributed by atoms with van der Waals surface area (Å²) < 4.78 is 5.00. The maximum atomic E-state index is 10.8. The van der Waals surface area contributed by atoms with Crippen molar-refractivity contribution in [2.45, 2.75) is 31.9 Å². The van der Waals surface area contributed by atoms with Crippen molar-refractivity contribution in [1.29, 1.82) is 0 Å². The van der Waals surface area contributed by atoms with Crippen LogP contribution in [0.2, 0.25) is 0 Å². The van der Waals surface area contributed by atoms with Gasteiger partial charge in [-0.3, -0.25) is 4.79 Å². The Kier molecular flexibility index (Phi) is 2.27. The molecule has 1 saturated carbocycles. The molecule has 1 fully saturated rings. The summed E-state index contributed by atoms with van der Waals surface area (Å²) >= 11 is 0. The number of rotatable bonds is 3. The molecule has 0 radical (unpaired) electrons. The van der Waals surface area contributed by atoms with Crippen molar-refractivity contribution in [2.75, 3.05) is 7.11 Å². The van der Waals surface area contributed by atoms with Gasteiger partial charge in [0.05, 0.1) is 12.1 Å². The molecule has 1 N–H and O–H groups in total. The van der Waals surface area contributed by atoms with E-state index in [0.717, 1.165) is 6.42 Å². The number of ether oxygens (including phenoxy) is 1. The molecule has 0 bridgehead atoms. The van der Waals surface area contributed by atoms with E-state index in [1.165, 1.54) is 0 Å². The maximum absolute atomic E-state index is 10.8. The SMILES string of the molecule is CCC(=O)N[C@H]1C[C@@H]1OC. The Morgan fingerprint density at radius 1 is 1.80 bits per heavy atom. The zero-order valence-electron chi connectivity index (χ0n) is 6.39. The number of carbonyl (C=O) groups is 1. The molecule has 10 heavy (non-hydrogen) atoms. The van der Waals surface area contributed by atoms with Gasteiger partial charge in [0, 0.05) is 13.5 Å². The number of hydrogen-bond acceptors (Lipinski definition) is 2.